The van der Waals surface area contributed by atoms with Crippen molar-refractivity contribution in [1.29, 1.82) is 0 Å². The van der Waals surface area contributed by atoms with Gasteiger partial charge in [0.1, 0.15) is 0 Å². The normalized spacial score (nSPS) is 12.6. The van der Waals surface area contributed by atoms with Crippen molar-refractivity contribution in [2.24, 2.45) is 5.41 Å². The average Bonchev–Trinajstić information content (AvgIpc) is 2.27. The molecule has 0 amide bonds. The van der Waals surface area contributed by atoms with Crippen molar-refractivity contribution < 1.29 is 17.3 Å². The highest BCUT2D eigenvalue weighted by molar-refractivity contribution is 7.85. The van der Waals surface area contributed by atoms with E-state index in [1.54, 1.807) is 0 Å². The zero-order valence-electron chi connectivity index (χ0n) is 11.0. The summed E-state index contributed by atoms with van der Waals surface area (Å²) < 4.78 is 32.2. The molecule has 1 rings (SSSR count). The largest absolute Gasteiger partial charge is 0.376 e. The summed E-state index contributed by atoms with van der Waals surface area (Å²) in [6.07, 6.45) is 1.05. The molecule has 18 heavy (non-hydrogen) atoms. The van der Waals surface area contributed by atoms with Gasteiger partial charge in [0.05, 0.1) is 26.1 Å². The second-order valence-electron chi connectivity index (χ2n) is 5.11. The molecule has 0 heterocycles. The van der Waals surface area contributed by atoms with E-state index in [0.717, 1.165) is 11.8 Å². The lowest BCUT2D eigenvalue weighted by Crippen LogP contribution is -2.27. The van der Waals surface area contributed by atoms with Crippen LogP contribution in [0.4, 0.5) is 0 Å². The Balaban J connectivity index is 2.33. The summed E-state index contributed by atoms with van der Waals surface area (Å²) in [6.45, 7) is 4.90. The van der Waals surface area contributed by atoms with E-state index in [2.05, 4.69) is 0 Å². The minimum atomic E-state index is -3.39. The second-order valence-corrected chi connectivity index (χ2v) is 6.75. The molecule has 0 radical (unpaired) electrons. The van der Waals surface area contributed by atoms with E-state index in [9.17, 15) is 8.42 Å². The zero-order chi connectivity index (χ0) is 13.6. The summed E-state index contributed by atoms with van der Waals surface area (Å²) in [6, 6.07) is 9.83. The minimum Gasteiger partial charge on any atom is -0.376 e. The molecule has 1 aromatic rings. The molecule has 0 unspecified atom stereocenters. The van der Waals surface area contributed by atoms with Crippen LogP contribution in [-0.2, 0) is 25.6 Å². The monoisotopic (exact) mass is 272 g/mol. The Kier molecular flexibility index (Phi) is 5.31. The molecule has 102 valence electrons. The molecule has 0 fully saturated rings. The Hall–Kier alpha value is -0.910. The molecule has 4 nitrogen and oxygen atoms in total. The number of rotatable bonds is 7. The van der Waals surface area contributed by atoms with Gasteiger partial charge in [0.25, 0.3) is 10.1 Å². The first-order chi connectivity index (χ1) is 8.29. The van der Waals surface area contributed by atoms with Crippen molar-refractivity contribution in [3.63, 3.8) is 0 Å². The van der Waals surface area contributed by atoms with E-state index in [4.69, 9.17) is 8.92 Å². The quantitative estimate of drug-likeness (QED) is 0.714. The van der Waals surface area contributed by atoms with E-state index in [1.807, 2.05) is 44.2 Å². The molecule has 0 aliphatic heterocycles. The maximum Gasteiger partial charge on any atom is 0.264 e. The van der Waals surface area contributed by atoms with Gasteiger partial charge in [-0.1, -0.05) is 44.2 Å². The summed E-state index contributed by atoms with van der Waals surface area (Å²) in [5.74, 6) is 0. The molecule has 0 atom stereocenters. The molecule has 5 heteroatoms. The summed E-state index contributed by atoms with van der Waals surface area (Å²) in [5.41, 5.74) is 0.759. The van der Waals surface area contributed by atoms with Gasteiger partial charge in [-0.2, -0.15) is 8.42 Å². The summed E-state index contributed by atoms with van der Waals surface area (Å²) in [4.78, 5) is 0. The fourth-order valence-electron chi connectivity index (χ4n) is 1.33. The molecular formula is C13H20O4S. The topological polar surface area (TPSA) is 52.6 Å². The Bertz CT molecular complexity index is 451. The fourth-order valence-corrected chi connectivity index (χ4v) is 1.86. The molecule has 0 aliphatic rings. The standard InChI is InChI=1S/C13H20O4S/c1-13(2,11-17-18(3,14)15)10-16-9-12-7-5-4-6-8-12/h4-8H,9-11H2,1-3H3. The summed E-state index contributed by atoms with van der Waals surface area (Å²) in [5, 5.41) is 0. The third-order valence-corrected chi connectivity index (χ3v) is 2.81. The van der Waals surface area contributed by atoms with Gasteiger partial charge in [0, 0.05) is 5.41 Å². The van der Waals surface area contributed by atoms with Crippen molar-refractivity contribution in [2.75, 3.05) is 19.5 Å². The van der Waals surface area contributed by atoms with Crippen LogP contribution in [0.3, 0.4) is 0 Å². The molecular weight excluding hydrogens is 252 g/mol. The lowest BCUT2D eigenvalue weighted by molar-refractivity contribution is 0.0275. The van der Waals surface area contributed by atoms with Crippen molar-refractivity contribution in [3.8, 4) is 0 Å². The van der Waals surface area contributed by atoms with Gasteiger partial charge in [-0.15, -0.1) is 0 Å². The van der Waals surface area contributed by atoms with Gasteiger partial charge in [0.15, 0.2) is 0 Å². The predicted octanol–water partition coefficient (Wildman–Crippen LogP) is 2.21. The lowest BCUT2D eigenvalue weighted by atomic mass is 9.96. The van der Waals surface area contributed by atoms with Crippen LogP contribution in [0, 0.1) is 5.41 Å². The van der Waals surface area contributed by atoms with Crippen LogP contribution in [0.15, 0.2) is 30.3 Å². The Morgan fingerprint density at radius 2 is 1.72 bits per heavy atom. The van der Waals surface area contributed by atoms with Crippen molar-refractivity contribution in [3.05, 3.63) is 35.9 Å². The number of hydrogen-bond acceptors (Lipinski definition) is 4. The highest BCUT2D eigenvalue weighted by Crippen LogP contribution is 2.17. The Labute approximate surface area is 109 Å². The summed E-state index contributed by atoms with van der Waals surface area (Å²) in [7, 11) is -3.39. The van der Waals surface area contributed by atoms with Gasteiger partial charge in [-0.05, 0) is 5.56 Å². The van der Waals surface area contributed by atoms with Crippen molar-refractivity contribution >= 4 is 10.1 Å². The van der Waals surface area contributed by atoms with Gasteiger partial charge >= 0.3 is 0 Å². The van der Waals surface area contributed by atoms with Crippen LogP contribution in [-0.4, -0.2) is 27.9 Å². The minimum absolute atomic E-state index is 0.126. The first-order valence-electron chi connectivity index (χ1n) is 5.75. The summed E-state index contributed by atoms with van der Waals surface area (Å²) >= 11 is 0. The molecule has 0 saturated carbocycles. The first-order valence-corrected chi connectivity index (χ1v) is 7.56. The van der Waals surface area contributed by atoms with E-state index in [0.29, 0.717) is 13.2 Å². The molecule has 1 aromatic carbocycles. The molecule has 0 aromatic heterocycles. The van der Waals surface area contributed by atoms with Gasteiger partial charge in [0.2, 0.25) is 0 Å². The van der Waals surface area contributed by atoms with Crippen LogP contribution >= 0.6 is 0 Å². The van der Waals surface area contributed by atoms with E-state index < -0.39 is 10.1 Å². The maximum atomic E-state index is 10.9. The highest BCUT2D eigenvalue weighted by Gasteiger charge is 2.21. The van der Waals surface area contributed by atoms with Gasteiger partial charge < -0.3 is 4.74 Å². The maximum absolute atomic E-state index is 10.9. The highest BCUT2D eigenvalue weighted by atomic mass is 32.2. The predicted molar refractivity (Wildman–Crippen MR) is 70.7 cm³/mol. The second kappa shape index (κ2) is 6.31. The SMILES string of the molecule is CC(C)(COCc1ccccc1)COS(C)(=O)=O. The van der Waals surface area contributed by atoms with Crippen LogP contribution in [0.25, 0.3) is 0 Å². The number of benzene rings is 1. The lowest BCUT2D eigenvalue weighted by Gasteiger charge is -2.23. The Morgan fingerprint density at radius 3 is 2.28 bits per heavy atom. The van der Waals surface area contributed by atoms with Crippen LogP contribution in [0.1, 0.15) is 19.4 Å². The first kappa shape index (κ1) is 15.1. The molecule has 0 bridgehead atoms. The van der Waals surface area contributed by atoms with E-state index in [-0.39, 0.29) is 12.0 Å². The van der Waals surface area contributed by atoms with Gasteiger partial charge in [-0.25, -0.2) is 0 Å². The molecule has 0 saturated heterocycles. The smallest absolute Gasteiger partial charge is 0.264 e. The molecule has 0 spiro atoms. The number of hydrogen-bond donors (Lipinski definition) is 0. The fraction of sp³-hybridized carbons (Fsp3) is 0.538. The van der Waals surface area contributed by atoms with Crippen LogP contribution in [0.5, 0.6) is 0 Å². The third kappa shape index (κ3) is 6.74. The Morgan fingerprint density at radius 1 is 1.11 bits per heavy atom. The third-order valence-electron chi connectivity index (χ3n) is 2.27. The molecule has 0 aliphatic carbocycles. The average molecular weight is 272 g/mol. The van der Waals surface area contributed by atoms with E-state index in [1.165, 1.54) is 0 Å². The van der Waals surface area contributed by atoms with Crippen molar-refractivity contribution in [2.45, 2.75) is 20.5 Å². The zero-order valence-corrected chi connectivity index (χ0v) is 11.9. The van der Waals surface area contributed by atoms with Crippen molar-refractivity contribution in [1.82, 2.24) is 0 Å². The molecule has 0 N–H and O–H groups in total. The van der Waals surface area contributed by atoms with Crippen LogP contribution in [0.2, 0.25) is 0 Å². The van der Waals surface area contributed by atoms with E-state index >= 15 is 0 Å². The number of ether oxygens (including phenoxy) is 1. The van der Waals surface area contributed by atoms with Crippen LogP contribution < -0.4 is 0 Å². The van der Waals surface area contributed by atoms with Gasteiger partial charge in [-0.3, -0.25) is 4.18 Å².